The summed E-state index contributed by atoms with van der Waals surface area (Å²) in [6.45, 7) is 9.11. The minimum atomic E-state index is 0. The van der Waals surface area contributed by atoms with Crippen molar-refractivity contribution in [3.8, 4) is 0 Å². The monoisotopic (exact) mass is 311 g/mol. The van der Waals surface area contributed by atoms with Gasteiger partial charge in [0.25, 0.3) is 0 Å². The number of morpholine rings is 1. The van der Waals surface area contributed by atoms with Gasteiger partial charge in [-0.3, -0.25) is 4.90 Å². The first-order valence-corrected chi connectivity index (χ1v) is 7.19. The van der Waals surface area contributed by atoms with Crippen molar-refractivity contribution >= 4 is 24.8 Å². The Morgan fingerprint density at radius 2 is 1.53 bits per heavy atom. The Hall–Kier alpha value is 0.420. The van der Waals surface area contributed by atoms with E-state index in [2.05, 4.69) is 15.1 Å². The second-order valence-electron chi connectivity index (χ2n) is 5.68. The highest BCUT2D eigenvalue weighted by Gasteiger charge is 2.29. The molecule has 19 heavy (non-hydrogen) atoms. The van der Waals surface area contributed by atoms with Gasteiger partial charge in [0.2, 0.25) is 0 Å². The highest BCUT2D eigenvalue weighted by molar-refractivity contribution is 5.85. The molecule has 0 radical (unpaired) electrons. The van der Waals surface area contributed by atoms with Crippen LogP contribution in [0.1, 0.15) is 19.3 Å². The summed E-state index contributed by atoms with van der Waals surface area (Å²) in [7, 11) is 0. The first-order valence-electron chi connectivity index (χ1n) is 7.19. The van der Waals surface area contributed by atoms with Gasteiger partial charge in [-0.1, -0.05) is 0 Å². The first kappa shape index (κ1) is 17.5. The molecule has 3 heterocycles. The van der Waals surface area contributed by atoms with Gasteiger partial charge in [0, 0.05) is 44.8 Å². The number of likely N-dealkylation sites (tertiary alicyclic amines) is 1. The van der Waals surface area contributed by atoms with Crippen molar-refractivity contribution in [2.24, 2.45) is 0 Å². The van der Waals surface area contributed by atoms with E-state index in [4.69, 9.17) is 4.74 Å². The number of nitrogens with one attached hydrogen (secondary N) is 1. The standard InChI is InChI=1S/C13H25N3O.2ClH/c1-2-13-11-16(4-3-12(1)14-13)6-5-15-7-9-17-10-8-15;;/h12-14H,1-11H2;2*1H. The molecule has 114 valence electrons. The first-order chi connectivity index (χ1) is 8.40. The maximum atomic E-state index is 5.39. The molecule has 4 nitrogen and oxygen atoms in total. The van der Waals surface area contributed by atoms with E-state index in [1.54, 1.807) is 0 Å². The number of fused-ring (bicyclic) bond motifs is 2. The van der Waals surface area contributed by atoms with E-state index >= 15 is 0 Å². The molecule has 0 spiro atoms. The van der Waals surface area contributed by atoms with E-state index in [1.165, 1.54) is 45.4 Å². The molecular weight excluding hydrogens is 285 g/mol. The van der Waals surface area contributed by atoms with Crippen LogP contribution < -0.4 is 5.32 Å². The highest BCUT2D eigenvalue weighted by Crippen LogP contribution is 2.20. The second-order valence-corrected chi connectivity index (χ2v) is 5.68. The van der Waals surface area contributed by atoms with Crippen LogP contribution in [0, 0.1) is 0 Å². The van der Waals surface area contributed by atoms with E-state index < -0.39 is 0 Å². The van der Waals surface area contributed by atoms with Crippen LogP contribution in [-0.2, 0) is 4.74 Å². The summed E-state index contributed by atoms with van der Waals surface area (Å²) in [5.41, 5.74) is 0. The fraction of sp³-hybridized carbons (Fsp3) is 1.00. The lowest BCUT2D eigenvalue weighted by molar-refractivity contribution is 0.0331. The van der Waals surface area contributed by atoms with Crippen LogP contribution in [0.4, 0.5) is 0 Å². The molecule has 6 heteroatoms. The zero-order valence-corrected chi connectivity index (χ0v) is 13.2. The number of rotatable bonds is 3. The summed E-state index contributed by atoms with van der Waals surface area (Å²) in [5.74, 6) is 0. The SMILES string of the molecule is C1CN(CCN2CCC3CCC(C2)N3)CCO1.Cl.Cl. The number of hydrogen-bond donors (Lipinski definition) is 1. The predicted octanol–water partition coefficient (Wildman–Crippen LogP) is 0.988. The molecular formula is C13H27Cl2N3O. The Kier molecular flexibility index (Phi) is 7.95. The van der Waals surface area contributed by atoms with Gasteiger partial charge in [-0.05, 0) is 25.8 Å². The normalized spacial score (nSPS) is 32.2. The van der Waals surface area contributed by atoms with Crippen molar-refractivity contribution in [2.45, 2.75) is 31.3 Å². The van der Waals surface area contributed by atoms with Crippen LogP contribution in [0.15, 0.2) is 0 Å². The molecule has 2 unspecified atom stereocenters. The zero-order valence-electron chi connectivity index (χ0n) is 11.6. The topological polar surface area (TPSA) is 27.7 Å². The molecule has 0 aromatic carbocycles. The van der Waals surface area contributed by atoms with Gasteiger partial charge >= 0.3 is 0 Å². The molecule has 3 aliphatic heterocycles. The van der Waals surface area contributed by atoms with Gasteiger partial charge in [0.15, 0.2) is 0 Å². The van der Waals surface area contributed by atoms with Crippen LogP contribution in [0.3, 0.4) is 0 Å². The molecule has 3 fully saturated rings. The van der Waals surface area contributed by atoms with E-state index in [0.717, 1.165) is 38.4 Å². The fourth-order valence-electron chi connectivity index (χ4n) is 3.33. The van der Waals surface area contributed by atoms with Gasteiger partial charge < -0.3 is 15.0 Å². The summed E-state index contributed by atoms with van der Waals surface area (Å²) in [6, 6.07) is 1.58. The van der Waals surface area contributed by atoms with Crippen molar-refractivity contribution < 1.29 is 4.74 Å². The number of ether oxygens (including phenoxy) is 1. The molecule has 0 saturated carbocycles. The average Bonchev–Trinajstić information content (AvgIpc) is 2.70. The van der Waals surface area contributed by atoms with Crippen LogP contribution in [0.25, 0.3) is 0 Å². The Morgan fingerprint density at radius 1 is 0.842 bits per heavy atom. The van der Waals surface area contributed by atoms with Crippen LogP contribution >= 0.6 is 24.8 Å². The molecule has 0 aromatic heterocycles. The summed E-state index contributed by atoms with van der Waals surface area (Å²) < 4.78 is 5.39. The van der Waals surface area contributed by atoms with Crippen molar-refractivity contribution in [1.29, 1.82) is 0 Å². The second kappa shape index (κ2) is 8.65. The Labute approximate surface area is 129 Å². The molecule has 3 rings (SSSR count). The summed E-state index contributed by atoms with van der Waals surface area (Å²) in [5, 5.41) is 3.75. The quantitative estimate of drug-likeness (QED) is 0.841. The Bertz CT molecular complexity index is 252. The smallest absolute Gasteiger partial charge is 0.0594 e. The summed E-state index contributed by atoms with van der Waals surface area (Å²) >= 11 is 0. The van der Waals surface area contributed by atoms with Crippen LogP contribution in [0.2, 0.25) is 0 Å². The van der Waals surface area contributed by atoms with E-state index in [1.807, 2.05) is 0 Å². The van der Waals surface area contributed by atoms with Crippen molar-refractivity contribution in [1.82, 2.24) is 15.1 Å². The zero-order chi connectivity index (χ0) is 11.5. The molecule has 3 aliphatic rings. The third-order valence-corrected chi connectivity index (χ3v) is 4.44. The maximum absolute atomic E-state index is 5.39. The van der Waals surface area contributed by atoms with Gasteiger partial charge in [-0.25, -0.2) is 0 Å². The lowest BCUT2D eigenvalue weighted by atomic mass is 10.1. The van der Waals surface area contributed by atoms with Gasteiger partial charge in [-0.15, -0.1) is 24.8 Å². The molecule has 2 atom stereocenters. The highest BCUT2D eigenvalue weighted by atomic mass is 35.5. The number of halogens is 2. The lowest BCUT2D eigenvalue weighted by Crippen LogP contribution is -2.43. The minimum absolute atomic E-state index is 0. The van der Waals surface area contributed by atoms with Crippen LogP contribution in [0.5, 0.6) is 0 Å². The van der Waals surface area contributed by atoms with Crippen LogP contribution in [-0.4, -0.2) is 74.4 Å². The van der Waals surface area contributed by atoms with E-state index in [9.17, 15) is 0 Å². The minimum Gasteiger partial charge on any atom is -0.379 e. The summed E-state index contributed by atoms with van der Waals surface area (Å²) in [6.07, 6.45) is 4.14. The lowest BCUT2D eigenvalue weighted by Gasteiger charge is -2.30. The Balaban J connectivity index is 0.000000902. The third-order valence-electron chi connectivity index (χ3n) is 4.44. The van der Waals surface area contributed by atoms with Crippen molar-refractivity contribution in [3.05, 3.63) is 0 Å². The fourth-order valence-corrected chi connectivity index (χ4v) is 3.33. The Morgan fingerprint density at radius 3 is 2.32 bits per heavy atom. The molecule has 0 aromatic rings. The predicted molar refractivity (Wildman–Crippen MR) is 82.8 cm³/mol. The molecule has 1 N–H and O–H groups in total. The summed E-state index contributed by atoms with van der Waals surface area (Å²) in [4.78, 5) is 5.20. The van der Waals surface area contributed by atoms with Crippen molar-refractivity contribution in [2.75, 3.05) is 52.5 Å². The maximum Gasteiger partial charge on any atom is 0.0594 e. The molecule has 0 amide bonds. The number of hydrogen-bond acceptors (Lipinski definition) is 4. The van der Waals surface area contributed by atoms with Gasteiger partial charge in [0.05, 0.1) is 13.2 Å². The molecule has 0 aliphatic carbocycles. The average molecular weight is 312 g/mol. The third kappa shape index (κ3) is 5.03. The van der Waals surface area contributed by atoms with Crippen molar-refractivity contribution in [3.63, 3.8) is 0 Å². The van der Waals surface area contributed by atoms with E-state index in [0.29, 0.717) is 0 Å². The van der Waals surface area contributed by atoms with Gasteiger partial charge in [-0.2, -0.15) is 0 Å². The molecule has 3 saturated heterocycles. The molecule has 2 bridgehead atoms. The largest absolute Gasteiger partial charge is 0.379 e. The van der Waals surface area contributed by atoms with Gasteiger partial charge in [0.1, 0.15) is 0 Å². The van der Waals surface area contributed by atoms with E-state index in [-0.39, 0.29) is 24.8 Å². The number of nitrogens with zero attached hydrogens (tertiary/aromatic N) is 2.